The number of aromatic carboxylic acids is 1. The van der Waals surface area contributed by atoms with Crippen molar-refractivity contribution in [3.8, 4) is 11.1 Å². The Morgan fingerprint density at radius 3 is 1.87 bits per heavy atom. The molecule has 2 aliphatic rings. The molecule has 2 aliphatic carbocycles. The van der Waals surface area contributed by atoms with Gasteiger partial charge in [-0.2, -0.15) is 0 Å². The molecule has 214 valence electrons. The minimum Gasteiger partial charge on any atom is -0.477 e. The van der Waals surface area contributed by atoms with Gasteiger partial charge in [-0.3, -0.25) is 0 Å². The summed E-state index contributed by atoms with van der Waals surface area (Å²) < 4.78 is 71.9. The highest BCUT2D eigenvalue weighted by Crippen LogP contribution is 2.47. The third-order valence-electron chi connectivity index (χ3n) is 9.22. The van der Waals surface area contributed by atoms with E-state index in [2.05, 4.69) is 6.92 Å². The van der Waals surface area contributed by atoms with Gasteiger partial charge in [0.25, 0.3) is 0 Å². The molecule has 4 rings (SSSR count). The lowest BCUT2D eigenvalue weighted by atomic mass is 9.67. The van der Waals surface area contributed by atoms with Crippen molar-refractivity contribution >= 4 is 5.97 Å². The predicted molar refractivity (Wildman–Crippen MR) is 142 cm³/mol. The first kappa shape index (κ1) is 29.5. The number of hydrogen-bond donors (Lipinski definition) is 1. The van der Waals surface area contributed by atoms with Gasteiger partial charge in [0, 0.05) is 5.56 Å². The largest absolute Gasteiger partial charge is 0.477 e. The summed E-state index contributed by atoms with van der Waals surface area (Å²) in [6.07, 6.45) is 15.9. The number of hydrogen-bond acceptors (Lipinski definition) is 1. The monoisotopic (exact) mass is 550 g/mol. The van der Waals surface area contributed by atoms with Crippen LogP contribution >= 0.6 is 0 Å². The number of unbranched alkanes of at least 4 members (excludes halogenated alkanes) is 4. The summed E-state index contributed by atoms with van der Waals surface area (Å²) in [5.74, 6) is -7.47. The van der Waals surface area contributed by atoms with Crippen LogP contribution in [0.25, 0.3) is 11.1 Å². The Labute approximate surface area is 228 Å². The molecule has 0 aromatic heterocycles. The Kier molecular flexibility index (Phi) is 10.1. The zero-order chi connectivity index (χ0) is 28.1. The SMILES string of the molecule is CCCCCCCC1CCC(C2CCC(c3cc(F)c(C(=O)O)c(F)c3-c3cc(F)c(F)c(F)c3)CC2)CC1. The van der Waals surface area contributed by atoms with Crippen molar-refractivity contribution in [2.75, 3.05) is 0 Å². The lowest BCUT2D eigenvalue weighted by Gasteiger charge is -2.38. The third kappa shape index (κ3) is 6.83. The zero-order valence-electron chi connectivity index (χ0n) is 22.7. The van der Waals surface area contributed by atoms with E-state index in [1.807, 2.05) is 0 Å². The Bertz CT molecular complexity index is 1120. The minimum atomic E-state index is -1.82. The Morgan fingerprint density at radius 1 is 0.744 bits per heavy atom. The molecule has 7 heteroatoms. The quantitative estimate of drug-likeness (QED) is 0.182. The van der Waals surface area contributed by atoms with Gasteiger partial charge in [-0.1, -0.05) is 58.3 Å². The lowest BCUT2D eigenvalue weighted by Crippen LogP contribution is -2.25. The molecule has 0 aliphatic heterocycles. The van der Waals surface area contributed by atoms with Crippen molar-refractivity contribution in [1.82, 2.24) is 0 Å². The highest BCUT2D eigenvalue weighted by atomic mass is 19.2. The topological polar surface area (TPSA) is 37.3 Å². The maximum absolute atomic E-state index is 15.4. The molecule has 0 saturated heterocycles. The molecule has 0 spiro atoms. The van der Waals surface area contributed by atoms with E-state index >= 15 is 4.39 Å². The molecule has 2 aromatic carbocycles. The molecule has 2 aromatic rings. The van der Waals surface area contributed by atoms with Crippen LogP contribution in [0.5, 0.6) is 0 Å². The number of carbonyl (C=O) groups is 1. The normalized spacial score (nSPS) is 23.6. The zero-order valence-corrected chi connectivity index (χ0v) is 22.7. The molecular formula is C32H39F5O2. The minimum absolute atomic E-state index is 0.186. The number of carboxylic acids is 1. The number of benzene rings is 2. The molecule has 0 atom stereocenters. The molecule has 2 nitrogen and oxygen atoms in total. The van der Waals surface area contributed by atoms with Gasteiger partial charge < -0.3 is 5.11 Å². The van der Waals surface area contributed by atoms with Gasteiger partial charge >= 0.3 is 5.97 Å². The van der Waals surface area contributed by atoms with Gasteiger partial charge in [-0.05, 0) is 91.5 Å². The molecule has 2 saturated carbocycles. The molecule has 0 bridgehead atoms. The average Bonchev–Trinajstić information content (AvgIpc) is 2.91. The second-order valence-electron chi connectivity index (χ2n) is 11.7. The predicted octanol–water partition coefficient (Wildman–Crippen LogP) is 10.2. The summed E-state index contributed by atoms with van der Waals surface area (Å²) in [5.41, 5.74) is -1.70. The van der Waals surface area contributed by atoms with Crippen LogP contribution in [0, 0.1) is 46.8 Å². The fraction of sp³-hybridized carbons (Fsp3) is 0.594. The van der Waals surface area contributed by atoms with Crippen molar-refractivity contribution in [3.63, 3.8) is 0 Å². The number of carboxylic acid groups (broad SMARTS) is 1. The van der Waals surface area contributed by atoms with Gasteiger partial charge in [0.1, 0.15) is 17.2 Å². The standard InChI is InChI=1S/C32H39F5O2/c1-2-3-4-5-6-7-19-8-10-20(11-9-19)21-12-14-22(15-13-21)24-18-25(33)29(32(38)39)31(37)28(24)23-16-26(34)30(36)27(35)17-23/h16-22H,2-15H2,1H3,(H,38,39). The molecule has 0 heterocycles. The molecule has 39 heavy (non-hydrogen) atoms. The van der Waals surface area contributed by atoms with Crippen LogP contribution in [-0.4, -0.2) is 11.1 Å². The van der Waals surface area contributed by atoms with Crippen molar-refractivity contribution in [1.29, 1.82) is 0 Å². The van der Waals surface area contributed by atoms with Crippen molar-refractivity contribution in [2.24, 2.45) is 17.8 Å². The smallest absolute Gasteiger partial charge is 0.341 e. The van der Waals surface area contributed by atoms with Crippen LogP contribution in [0.4, 0.5) is 22.0 Å². The molecule has 1 N–H and O–H groups in total. The lowest BCUT2D eigenvalue weighted by molar-refractivity contribution is 0.0686. The van der Waals surface area contributed by atoms with Crippen LogP contribution in [0.1, 0.15) is 119 Å². The van der Waals surface area contributed by atoms with E-state index in [4.69, 9.17) is 0 Å². The Balaban J connectivity index is 1.45. The molecule has 0 radical (unpaired) electrons. The second kappa shape index (κ2) is 13.3. The van der Waals surface area contributed by atoms with Gasteiger partial charge in [0.05, 0.1) is 0 Å². The summed E-state index contributed by atoms with van der Waals surface area (Å²) in [5, 5.41) is 9.36. The van der Waals surface area contributed by atoms with Crippen LogP contribution in [0.15, 0.2) is 18.2 Å². The van der Waals surface area contributed by atoms with Gasteiger partial charge in [0.15, 0.2) is 17.5 Å². The number of halogens is 5. The average molecular weight is 551 g/mol. The summed E-state index contributed by atoms with van der Waals surface area (Å²) in [6.45, 7) is 2.23. The van der Waals surface area contributed by atoms with E-state index < -0.39 is 40.6 Å². The maximum Gasteiger partial charge on any atom is 0.341 e. The van der Waals surface area contributed by atoms with Crippen LogP contribution < -0.4 is 0 Å². The Morgan fingerprint density at radius 2 is 1.31 bits per heavy atom. The summed E-state index contributed by atoms with van der Waals surface area (Å²) in [7, 11) is 0. The fourth-order valence-electron chi connectivity index (χ4n) is 7.04. The molecule has 0 unspecified atom stereocenters. The van der Waals surface area contributed by atoms with E-state index in [0.717, 1.165) is 24.8 Å². The molecular weight excluding hydrogens is 511 g/mol. The summed E-state index contributed by atoms with van der Waals surface area (Å²) in [6, 6.07) is 2.26. The van der Waals surface area contributed by atoms with E-state index in [-0.39, 0.29) is 22.6 Å². The van der Waals surface area contributed by atoms with E-state index in [9.17, 15) is 27.5 Å². The van der Waals surface area contributed by atoms with Gasteiger partial charge in [0.2, 0.25) is 0 Å². The Hall–Kier alpha value is -2.44. The first-order valence-electron chi connectivity index (χ1n) is 14.6. The first-order valence-corrected chi connectivity index (χ1v) is 14.6. The van der Waals surface area contributed by atoms with Crippen LogP contribution in [0.2, 0.25) is 0 Å². The van der Waals surface area contributed by atoms with Crippen molar-refractivity contribution in [3.05, 3.63) is 58.4 Å². The highest BCUT2D eigenvalue weighted by molar-refractivity contribution is 5.91. The van der Waals surface area contributed by atoms with E-state index in [1.165, 1.54) is 64.2 Å². The van der Waals surface area contributed by atoms with Crippen LogP contribution in [-0.2, 0) is 0 Å². The second-order valence-corrected chi connectivity index (χ2v) is 11.7. The van der Waals surface area contributed by atoms with E-state index in [0.29, 0.717) is 36.8 Å². The van der Waals surface area contributed by atoms with Crippen molar-refractivity contribution < 1.29 is 31.9 Å². The first-order chi connectivity index (χ1) is 18.7. The third-order valence-corrected chi connectivity index (χ3v) is 9.22. The maximum atomic E-state index is 15.4. The van der Waals surface area contributed by atoms with E-state index in [1.54, 1.807) is 0 Å². The number of rotatable bonds is 10. The van der Waals surface area contributed by atoms with Gasteiger partial charge in [-0.15, -0.1) is 0 Å². The van der Waals surface area contributed by atoms with Crippen molar-refractivity contribution in [2.45, 2.75) is 103 Å². The van der Waals surface area contributed by atoms with Crippen LogP contribution in [0.3, 0.4) is 0 Å². The molecule has 0 amide bonds. The fourth-order valence-corrected chi connectivity index (χ4v) is 7.04. The highest BCUT2D eigenvalue weighted by Gasteiger charge is 2.34. The molecule has 2 fully saturated rings. The summed E-state index contributed by atoms with van der Waals surface area (Å²) >= 11 is 0. The summed E-state index contributed by atoms with van der Waals surface area (Å²) in [4.78, 5) is 11.6. The van der Waals surface area contributed by atoms with Gasteiger partial charge in [-0.25, -0.2) is 26.7 Å².